The van der Waals surface area contributed by atoms with Crippen LogP contribution in [0.25, 0.3) is 11.3 Å². The van der Waals surface area contributed by atoms with Gasteiger partial charge in [0.05, 0.1) is 24.6 Å². The molecule has 2 aliphatic rings. The highest BCUT2D eigenvalue weighted by atomic mass is 19.1. The van der Waals surface area contributed by atoms with Crippen LogP contribution in [-0.4, -0.2) is 47.9 Å². The van der Waals surface area contributed by atoms with Gasteiger partial charge in [0.2, 0.25) is 5.95 Å². The fourth-order valence-corrected chi connectivity index (χ4v) is 3.98. The second-order valence-corrected chi connectivity index (χ2v) is 7.32. The molecule has 5 rings (SSSR count). The monoisotopic (exact) mass is 410 g/mol. The van der Waals surface area contributed by atoms with Gasteiger partial charge in [-0.2, -0.15) is 4.98 Å². The van der Waals surface area contributed by atoms with Gasteiger partial charge in [-0.1, -0.05) is 12.1 Å². The number of phenolic OH excluding ortho intramolecular Hbond substituents is 1. The highest BCUT2D eigenvalue weighted by Crippen LogP contribution is 2.40. The van der Waals surface area contributed by atoms with E-state index in [9.17, 15) is 13.9 Å². The minimum atomic E-state index is -0.631. The number of morpholine rings is 1. The zero-order valence-corrected chi connectivity index (χ0v) is 16.2. The summed E-state index contributed by atoms with van der Waals surface area (Å²) >= 11 is 0. The molecule has 2 aliphatic heterocycles. The van der Waals surface area contributed by atoms with E-state index < -0.39 is 11.6 Å². The lowest BCUT2D eigenvalue weighted by Gasteiger charge is -2.28. The number of aromatic nitrogens is 2. The van der Waals surface area contributed by atoms with Crippen molar-refractivity contribution < 1.29 is 18.6 Å². The third-order valence-electron chi connectivity index (χ3n) is 5.43. The molecule has 1 saturated heterocycles. The number of fused-ring (bicyclic) bond motifs is 1. The zero-order chi connectivity index (χ0) is 20.7. The van der Waals surface area contributed by atoms with Crippen LogP contribution in [0.1, 0.15) is 5.56 Å². The molecule has 3 heterocycles. The van der Waals surface area contributed by atoms with E-state index in [4.69, 9.17) is 14.7 Å². The normalized spacial score (nSPS) is 16.1. The SMILES string of the molecule is Oc1cccc(-c2nc(N3CCOCC3)nc3c2CCN3c2ccc(F)cc2F)c1. The van der Waals surface area contributed by atoms with Crippen LogP contribution in [0.15, 0.2) is 42.5 Å². The predicted octanol–water partition coefficient (Wildman–Crippen LogP) is 3.66. The Labute approximate surface area is 172 Å². The minimum Gasteiger partial charge on any atom is -0.508 e. The minimum absolute atomic E-state index is 0.146. The lowest BCUT2D eigenvalue weighted by atomic mass is 10.1. The zero-order valence-electron chi connectivity index (χ0n) is 16.2. The maximum Gasteiger partial charge on any atom is 0.228 e. The fraction of sp³-hybridized carbons (Fsp3) is 0.273. The number of benzene rings is 2. The molecule has 1 aromatic heterocycles. The Morgan fingerprint density at radius 3 is 2.57 bits per heavy atom. The molecule has 3 aromatic rings. The van der Waals surface area contributed by atoms with Gasteiger partial charge < -0.3 is 19.6 Å². The molecule has 1 fully saturated rings. The van der Waals surface area contributed by atoms with E-state index in [1.807, 2.05) is 11.0 Å². The summed E-state index contributed by atoms with van der Waals surface area (Å²) in [5.41, 5.74) is 2.64. The third kappa shape index (κ3) is 3.33. The van der Waals surface area contributed by atoms with Gasteiger partial charge >= 0.3 is 0 Å². The standard InChI is InChI=1S/C22H20F2N4O2/c23-15-4-5-19(18(24)13-15)28-7-6-17-20(14-2-1-3-16(29)12-14)25-22(26-21(17)28)27-8-10-30-11-9-27/h1-5,12-13,29H,6-11H2. The van der Waals surface area contributed by atoms with Gasteiger partial charge in [0, 0.05) is 36.8 Å². The Kier molecular flexibility index (Phi) is 4.71. The van der Waals surface area contributed by atoms with E-state index in [0.717, 1.165) is 17.2 Å². The topological polar surface area (TPSA) is 61.7 Å². The summed E-state index contributed by atoms with van der Waals surface area (Å²) in [7, 11) is 0. The second-order valence-electron chi connectivity index (χ2n) is 7.32. The van der Waals surface area contributed by atoms with Crippen LogP contribution in [0, 0.1) is 11.6 Å². The maximum absolute atomic E-state index is 14.5. The number of hydrogen-bond donors (Lipinski definition) is 1. The molecule has 0 atom stereocenters. The summed E-state index contributed by atoms with van der Waals surface area (Å²) in [5, 5.41) is 9.97. The Hall–Kier alpha value is -3.26. The highest BCUT2D eigenvalue weighted by Gasteiger charge is 2.30. The first-order chi connectivity index (χ1) is 14.6. The third-order valence-corrected chi connectivity index (χ3v) is 5.43. The summed E-state index contributed by atoms with van der Waals surface area (Å²) in [4.78, 5) is 13.4. The molecule has 30 heavy (non-hydrogen) atoms. The van der Waals surface area contributed by atoms with Gasteiger partial charge in [-0.05, 0) is 30.7 Å². The largest absolute Gasteiger partial charge is 0.508 e. The summed E-state index contributed by atoms with van der Waals surface area (Å²) in [6, 6.07) is 10.5. The molecule has 154 valence electrons. The molecule has 0 aliphatic carbocycles. The molecule has 0 spiro atoms. The van der Waals surface area contributed by atoms with E-state index in [1.165, 1.54) is 12.1 Å². The van der Waals surface area contributed by atoms with Crippen LogP contribution in [-0.2, 0) is 11.2 Å². The van der Waals surface area contributed by atoms with E-state index >= 15 is 0 Å². The molecule has 2 aromatic carbocycles. The molecule has 6 nitrogen and oxygen atoms in total. The van der Waals surface area contributed by atoms with Crippen molar-refractivity contribution in [2.45, 2.75) is 6.42 Å². The summed E-state index contributed by atoms with van der Waals surface area (Å²) in [5.74, 6) is 0.0356. The summed E-state index contributed by atoms with van der Waals surface area (Å²) in [6.45, 7) is 2.98. The first kappa shape index (κ1) is 18.7. The Bertz CT molecular complexity index is 1100. The second kappa shape index (κ2) is 7.53. The Morgan fingerprint density at radius 2 is 1.80 bits per heavy atom. The van der Waals surface area contributed by atoms with Crippen molar-refractivity contribution in [2.75, 3.05) is 42.6 Å². The Morgan fingerprint density at radius 1 is 0.967 bits per heavy atom. The van der Waals surface area contributed by atoms with Gasteiger partial charge in [-0.25, -0.2) is 13.8 Å². The number of aromatic hydroxyl groups is 1. The van der Waals surface area contributed by atoms with Gasteiger partial charge in [0.25, 0.3) is 0 Å². The number of hydrogen-bond acceptors (Lipinski definition) is 6. The molecular weight excluding hydrogens is 390 g/mol. The van der Waals surface area contributed by atoms with E-state index in [-0.39, 0.29) is 11.4 Å². The van der Waals surface area contributed by atoms with Crippen LogP contribution in [0.4, 0.5) is 26.2 Å². The number of ether oxygens (including phenoxy) is 1. The number of phenols is 1. The first-order valence-electron chi connectivity index (χ1n) is 9.86. The van der Waals surface area contributed by atoms with Crippen molar-refractivity contribution >= 4 is 17.5 Å². The van der Waals surface area contributed by atoms with Crippen molar-refractivity contribution in [1.29, 1.82) is 0 Å². The molecular formula is C22H20F2N4O2. The van der Waals surface area contributed by atoms with Gasteiger partial charge in [0.15, 0.2) is 0 Å². The number of halogens is 2. The molecule has 0 saturated carbocycles. The van der Waals surface area contributed by atoms with E-state index in [2.05, 4.69) is 0 Å². The van der Waals surface area contributed by atoms with Crippen molar-refractivity contribution in [1.82, 2.24) is 9.97 Å². The molecule has 0 radical (unpaired) electrons. The quantitative estimate of drug-likeness (QED) is 0.711. The smallest absolute Gasteiger partial charge is 0.228 e. The first-order valence-corrected chi connectivity index (χ1v) is 9.86. The number of nitrogens with zero attached hydrogens (tertiary/aromatic N) is 4. The molecule has 0 bridgehead atoms. The van der Waals surface area contributed by atoms with Crippen LogP contribution in [0.3, 0.4) is 0 Å². The molecule has 1 N–H and O–H groups in total. The van der Waals surface area contributed by atoms with Gasteiger partial charge in [-0.3, -0.25) is 0 Å². The average Bonchev–Trinajstić information content (AvgIpc) is 3.17. The predicted molar refractivity (Wildman–Crippen MR) is 109 cm³/mol. The highest BCUT2D eigenvalue weighted by molar-refractivity contribution is 5.77. The van der Waals surface area contributed by atoms with Crippen molar-refractivity contribution in [3.05, 3.63) is 59.7 Å². The molecule has 0 amide bonds. The van der Waals surface area contributed by atoms with Gasteiger partial charge in [0.1, 0.15) is 23.2 Å². The van der Waals surface area contributed by atoms with E-state index in [1.54, 1.807) is 23.1 Å². The molecule has 8 heteroatoms. The number of rotatable bonds is 3. The Balaban J connectivity index is 1.66. The van der Waals surface area contributed by atoms with Crippen LogP contribution >= 0.6 is 0 Å². The fourth-order valence-electron chi connectivity index (χ4n) is 3.98. The van der Waals surface area contributed by atoms with Crippen LogP contribution in [0.2, 0.25) is 0 Å². The molecule has 0 unspecified atom stereocenters. The van der Waals surface area contributed by atoms with Crippen LogP contribution in [0.5, 0.6) is 5.75 Å². The lowest BCUT2D eigenvalue weighted by molar-refractivity contribution is 0.122. The summed E-state index contributed by atoms with van der Waals surface area (Å²) in [6.07, 6.45) is 0.612. The van der Waals surface area contributed by atoms with Crippen molar-refractivity contribution in [2.24, 2.45) is 0 Å². The number of anilines is 3. The van der Waals surface area contributed by atoms with Gasteiger partial charge in [-0.15, -0.1) is 0 Å². The van der Waals surface area contributed by atoms with Crippen molar-refractivity contribution in [3.63, 3.8) is 0 Å². The van der Waals surface area contributed by atoms with Crippen LogP contribution < -0.4 is 9.80 Å². The maximum atomic E-state index is 14.5. The van der Waals surface area contributed by atoms with Crippen molar-refractivity contribution in [3.8, 4) is 17.0 Å². The van der Waals surface area contributed by atoms with E-state index in [0.29, 0.717) is 56.7 Å². The lowest BCUT2D eigenvalue weighted by Crippen LogP contribution is -2.37. The summed E-state index contributed by atoms with van der Waals surface area (Å²) < 4.78 is 33.4. The average molecular weight is 410 g/mol.